The minimum absolute atomic E-state index is 0.0366. The highest BCUT2D eigenvalue weighted by Gasteiger charge is 2.11. The Labute approximate surface area is 194 Å². The van der Waals surface area contributed by atoms with E-state index in [1.165, 1.54) is 17.2 Å². The van der Waals surface area contributed by atoms with Crippen LogP contribution in [0, 0.1) is 0 Å². The Balaban J connectivity index is 1.41. The lowest BCUT2D eigenvalue weighted by atomic mass is 10.1. The maximum absolute atomic E-state index is 10.6. The number of phenols is 1. The molecule has 0 aliphatic carbocycles. The molecule has 0 saturated carbocycles. The molecule has 7 nitrogen and oxygen atoms in total. The SMILES string of the molecule is CN[C@H](CNc1ccc(CCNC[C@H](O)c2ccc(O)c(NC=O)c2)cc1)c1ccccc1. The van der Waals surface area contributed by atoms with Crippen molar-refractivity contribution in [2.24, 2.45) is 0 Å². The van der Waals surface area contributed by atoms with Crippen molar-refractivity contribution < 1.29 is 15.0 Å². The number of phenolic OH excluding ortho intramolecular Hbond substituents is 1. The first-order chi connectivity index (χ1) is 16.1. The molecule has 0 bridgehead atoms. The fourth-order valence-electron chi connectivity index (χ4n) is 3.61. The molecule has 0 spiro atoms. The molecule has 1 amide bonds. The maximum Gasteiger partial charge on any atom is 0.211 e. The molecular formula is C26H32N4O3. The lowest BCUT2D eigenvalue weighted by Crippen LogP contribution is -2.24. The van der Waals surface area contributed by atoms with E-state index in [0.717, 1.165) is 25.2 Å². The highest BCUT2D eigenvalue weighted by Crippen LogP contribution is 2.26. The van der Waals surface area contributed by atoms with Crippen LogP contribution >= 0.6 is 0 Å². The Kier molecular flexibility index (Phi) is 9.26. The Bertz CT molecular complexity index is 996. The number of benzene rings is 3. The van der Waals surface area contributed by atoms with Crippen molar-refractivity contribution in [3.63, 3.8) is 0 Å². The fourth-order valence-corrected chi connectivity index (χ4v) is 3.61. The number of aliphatic hydroxyl groups excluding tert-OH is 1. The van der Waals surface area contributed by atoms with Gasteiger partial charge in [0.15, 0.2) is 0 Å². The Morgan fingerprint density at radius 3 is 2.39 bits per heavy atom. The number of aromatic hydroxyl groups is 1. The summed E-state index contributed by atoms with van der Waals surface area (Å²) in [7, 11) is 1.97. The number of aliphatic hydroxyl groups is 1. The van der Waals surface area contributed by atoms with Crippen molar-refractivity contribution in [2.75, 3.05) is 37.3 Å². The zero-order chi connectivity index (χ0) is 23.5. The van der Waals surface area contributed by atoms with Gasteiger partial charge in [0.2, 0.25) is 6.41 Å². The average Bonchev–Trinajstić information content (AvgIpc) is 2.85. The summed E-state index contributed by atoms with van der Waals surface area (Å²) in [5.74, 6) is -0.0366. The lowest BCUT2D eigenvalue weighted by Gasteiger charge is -2.18. The summed E-state index contributed by atoms with van der Waals surface area (Å²) in [6.45, 7) is 1.88. The van der Waals surface area contributed by atoms with Gasteiger partial charge in [0.25, 0.3) is 0 Å². The molecule has 0 unspecified atom stereocenters. The molecule has 7 heteroatoms. The van der Waals surface area contributed by atoms with Gasteiger partial charge in [-0.25, -0.2) is 0 Å². The van der Waals surface area contributed by atoms with E-state index in [1.807, 2.05) is 13.1 Å². The highest BCUT2D eigenvalue weighted by molar-refractivity contribution is 5.75. The van der Waals surface area contributed by atoms with Crippen molar-refractivity contribution in [2.45, 2.75) is 18.6 Å². The average molecular weight is 449 g/mol. The van der Waals surface area contributed by atoms with E-state index in [0.29, 0.717) is 18.5 Å². The van der Waals surface area contributed by atoms with Crippen molar-refractivity contribution in [1.82, 2.24) is 10.6 Å². The lowest BCUT2D eigenvalue weighted by molar-refractivity contribution is -0.105. The second-order valence-corrected chi connectivity index (χ2v) is 7.84. The minimum atomic E-state index is -0.742. The molecule has 3 aromatic rings. The highest BCUT2D eigenvalue weighted by atomic mass is 16.3. The molecule has 0 saturated heterocycles. The summed E-state index contributed by atoms with van der Waals surface area (Å²) in [5, 5.41) is 32.6. The van der Waals surface area contributed by atoms with E-state index in [1.54, 1.807) is 12.1 Å². The first-order valence-electron chi connectivity index (χ1n) is 11.1. The molecule has 0 aliphatic rings. The van der Waals surface area contributed by atoms with Gasteiger partial charge in [-0.1, -0.05) is 48.5 Å². The van der Waals surface area contributed by atoms with Crippen molar-refractivity contribution >= 4 is 17.8 Å². The summed E-state index contributed by atoms with van der Waals surface area (Å²) < 4.78 is 0. The molecule has 3 aromatic carbocycles. The second-order valence-electron chi connectivity index (χ2n) is 7.84. The summed E-state index contributed by atoms with van der Waals surface area (Å²) in [5.41, 5.74) is 4.43. The normalized spacial score (nSPS) is 12.7. The number of hydrogen-bond acceptors (Lipinski definition) is 6. The Hall–Kier alpha value is -3.39. The molecule has 0 heterocycles. The van der Waals surface area contributed by atoms with Gasteiger partial charge in [0, 0.05) is 24.8 Å². The van der Waals surface area contributed by atoms with Crippen LogP contribution in [-0.4, -0.2) is 43.3 Å². The monoisotopic (exact) mass is 448 g/mol. The largest absolute Gasteiger partial charge is 0.506 e. The second kappa shape index (κ2) is 12.6. The van der Waals surface area contributed by atoms with Gasteiger partial charge < -0.3 is 31.5 Å². The van der Waals surface area contributed by atoms with Crippen LogP contribution in [0.15, 0.2) is 72.8 Å². The van der Waals surface area contributed by atoms with Crippen LogP contribution < -0.4 is 21.3 Å². The Morgan fingerprint density at radius 2 is 1.70 bits per heavy atom. The molecule has 3 rings (SSSR count). The summed E-state index contributed by atoms with van der Waals surface area (Å²) >= 11 is 0. The van der Waals surface area contributed by atoms with E-state index in [9.17, 15) is 15.0 Å². The summed E-state index contributed by atoms with van der Waals surface area (Å²) in [6, 6.07) is 23.6. The molecular weight excluding hydrogens is 416 g/mol. The molecule has 0 aromatic heterocycles. The van der Waals surface area contributed by atoms with Crippen LogP contribution in [0.4, 0.5) is 11.4 Å². The smallest absolute Gasteiger partial charge is 0.211 e. The van der Waals surface area contributed by atoms with Gasteiger partial charge in [-0.2, -0.15) is 0 Å². The topological polar surface area (TPSA) is 106 Å². The molecule has 0 radical (unpaired) electrons. The van der Waals surface area contributed by atoms with E-state index < -0.39 is 6.10 Å². The van der Waals surface area contributed by atoms with Gasteiger partial charge in [-0.3, -0.25) is 4.79 Å². The van der Waals surface area contributed by atoms with Gasteiger partial charge in [0.1, 0.15) is 5.75 Å². The van der Waals surface area contributed by atoms with Crippen molar-refractivity contribution in [3.05, 3.63) is 89.5 Å². The first-order valence-corrected chi connectivity index (χ1v) is 11.1. The quantitative estimate of drug-likeness (QED) is 0.136. The zero-order valence-corrected chi connectivity index (χ0v) is 18.8. The molecule has 0 fully saturated rings. The molecule has 2 atom stereocenters. The number of likely N-dealkylation sites (N-methyl/N-ethyl adjacent to an activating group) is 1. The van der Waals surface area contributed by atoms with E-state index in [4.69, 9.17) is 0 Å². The Morgan fingerprint density at radius 1 is 0.939 bits per heavy atom. The van der Waals surface area contributed by atoms with Crippen LogP contribution in [0.5, 0.6) is 5.75 Å². The summed E-state index contributed by atoms with van der Waals surface area (Å²) in [4.78, 5) is 10.6. The standard InChI is InChI=1S/C26H32N4O3/c1-27-24(20-5-3-2-4-6-20)16-29-22-10-7-19(8-11-22)13-14-28-17-26(33)21-9-12-25(32)23(15-21)30-18-31/h2-12,15,18,24,26-29,32-33H,13-14,16-17H2,1H3,(H,30,31)/t24-,26+/m1/s1. The predicted molar refractivity (Wildman–Crippen MR) is 133 cm³/mol. The van der Waals surface area contributed by atoms with Gasteiger partial charge in [0.05, 0.1) is 11.8 Å². The van der Waals surface area contributed by atoms with E-state index in [2.05, 4.69) is 69.8 Å². The summed E-state index contributed by atoms with van der Waals surface area (Å²) in [6.07, 6.45) is 0.588. The van der Waals surface area contributed by atoms with Gasteiger partial charge in [-0.05, 0) is 61.0 Å². The van der Waals surface area contributed by atoms with Crippen LogP contribution in [0.1, 0.15) is 28.8 Å². The van der Waals surface area contributed by atoms with Gasteiger partial charge in [-0.15, -0.1) is 0 Å². The van der Waals surface area contributed by atoms with Crippen LogP contribution in [0.25, 0.3) is 0 Å². The number of rotatable bonds is 13. The number of hydrogen-bond donors (Lipinski definition) is 6. The number of carbonyl (C=O) groups is 1. The fraction of sp³-hybridized carbons (Fsp3) is 0.269. The van der Waals surface area contributed by atoms with Crippen LogP contribution in [-0.2, 0) is 11.2 Å². The number of nitrogens with one attached hydrogen (secondary N) is 4. The molecule has 33 heavy (non-hydrogen) atoms. The van der Waals surface area contributed by atoms with Crippen molar-refractivity contribution in [3.8, 4) is 5.75 Å². The number of amides is 1. The van der Waals surface area contributed by atoms with Crippen LogP contribution in [0.2, 0.25) is 0 Å². The third-order valence-corrected chi connectivity index (χ3v) is 5.56. The minimum Gasteiger partial charge on any atom is -0.506 e. The maximum atomic E-state index is 10.6. The third kappa shape index (κ3) is 7.32. The van der Waals surface area contributed by atoms with Crippen molar-refractivity contribution in [1.29, 1.82) is 0 Å². The number of anilines is 2. The number of carbonyl (C=O) groups excluding carboxylic acids is 1. The zero-order valence-electron chi connectivity index (χ0n) is 18.8. The van der Waals surface area contributed by atoms with E-state index >= 15 is 0 Å². The molecule has 6 N–H and O–H groups in total. The molecule has 0 aliphatic heterocycles. The predicted octanol–water partition coefficient (Wildman–Crippen LogP) is 3.20. The van der Waals surface area contributed by atoms with Crippen LogP contribution in [0.3, 0.4) is 0 Å². The van der Waals surface area contributed by atoms with E-state index in [-0.39, 0.29) is 17.5 Å². The first kappa shape index (κ1) is 24.3. The van der Waals surface area contributed by atoms with Gasteiger partial charge >= 0.3 is 0 Å². The third-order valence-electron chi connectivity index (χ3n) is 5.56. The molecule has 174 valence electrons.